The van der Waals surface area contributed by atoms with Crippen molar-refractivity contribution in [1.29, 1.82) is 0 Å². The van der Waals surface area contributed by atoms with Gasteiger partial charge in [0.1, 0.15) is 0 Å². The van der Waals surface area contributed by atoms with Crippen molar-refractivity contribution < 1.29 is 4.79 Å². The number of piperidine rings is 1. The Morgan fingerprint density at radius 1 is 1.16 bits per heavy atom. The number of benzene rings is 1. The van der Waals surface area contributed by atoms with Crippen molar-refractivity contribution in [1.82, 2.24) is 15.2 Å². The summed E-state index contributed by atoms with van der Waals surface area (Å²) in [5.41, 5.74) is 2.89. The number of pyridine rings is 1. The topological polar surface area (TPSA) is 57.3 Å². The Balaban J connectivity index is 1.44. The summed E-state index contributed by atoms with van der Waals surface area (Å²) in [5.74, 6) is 0.559. The third-order valence-electron chi connectivity index (χ3n) is 4.86. The zero-order valence-corrected chi connectivity index (χ0v) is 14.7. The molecule has 0 aliphatic carbocycles. The zero-order valence-electron chi connectivity index (χ0n) is 14.7. The molecule has 0 spiro atoms. The third-order valence-corrected chi connectivity index (χ3v) is 4.86. The van der Waals surface area contributed by atoms with Crippen LogP contribution in [0.2, 0.25) is 0 Å². The first-order valence-corrected chi connectivity index (χ1v) is 8.92. The first-order valence-electron chi connectivity index (χ1n) is 8.92. The van der Waals surface area contributed by atoms with E-state index in [9.17, 15) is 4.79 Å². The second-order valence-corrected chi connectivity index (χ2v) is 6.58. The second-order valence-electron chi connectivity index (χ2n) is 6.58. The number of nitrogens with zero attached hydrogens (tertiary/aromatic N) is 2. The van der Waals surface area contributed by atoms with Gasteiger partial charge in [-0.25, -0.2) is 0 Å². The summed E-state index contributed by atoms with van der Waals surface area (Å²) in [6.07, 6.45) is 5.94. The molecule has 1 amide bonds. The molecule has 1 aliphatic rings. The molecule has 0 unspecified atom stereocenters. The Morgan fingerprint density at radius 2 is 1.88 bits per heavy atom. The number of hydrogen-bond acceptors (Lipinski definition) is 4. The normalized spacial score (nSPS) is 15.7. The van der Waals surface area contributed by atoms with Crippen molar-refractivity contribution in [3.63, 3.8) is 0 Å². The molecular formula is C20H26N4O. The van der Waals surface area contributed by atoms with Gasteiger partial charge in [-0.3, -0.25) is 14.7 Å². The molecule has 1 aliphatic heterocycles. The highest BCUT2D eigenvalue weighted by Gasteiger charge is 2.20. The van der Waals surface area contributed by atoms with E-state index >= 15 is 0 Å². The number of rotatable bonds is 6. The highest BCUT2D eigenvalue weighted by molar-refractivity contribution is 5.99. The maximum atomic E-state index is 12.4. The maximum absolute atomic E-state index is 12.4. The SMILES string of the molecule is CNc1ccccc1C(=O)NCC1CCN(Cc2ccncc2)CC1. The summed E-state index contributed by atoms with van der Waals surface area (Å²) in [6.45, 7) is 3.89. The molecule has 0 radical (unpaired) electrons. The number of anilines is 1. The van der Waals surface area contributed by atoms with Gasteiger partial charge in [-0.2, -0.15) is 0 Å². The predicted octanol–water partition coefficient (Wildman–Crippen LogP) is 2.77. The molecule has 132 valence electrons. The van der Waals surface area contributed by atoms with E-state index in [-0.39, 0.29) is 5.91 Å². The lowest BCUT2D eigenvalue weighted by atomic mass is 9.96. The summed E-state index contributed by atoms with van der Waals surface area (Å²) in [4.78, 5) is 18.9. The van der Waals surface area contributed by atoms with Crippen LogP contribution < -0.4 is 10.6 Å². The van der Waals surface area contributed by atoms with Gasteiger partial charge in [0.15, 0.2) is 0 Å². The number of aromatic nitrogens is 1. The molecule has 1 aromatic heterocycles. The van der Waals surface area contributed by atoms with E-state index in [0.29, 0.717) is 11.5 Å². The van der Waals surface area contributed by atoms with Gasteiger partial charge in [-0.15, -0.1) is 0 Å². The molecule has 0 bridgehead atoms. The molecule has 1 aromatic carbocycles. The summed E-state index contributed by atoms with van der Waals surface area (Å²) < 4.78 is 0. The number of hydrogen-bond donors (Lipinski definition) is 2. The van der Waals surface area contributed by atoms with E-state index in [4.69, 9.17) is 0 Å². The molecule has 2 N–H and O–H groups in total. The number of likely N-dealkylation sites (tertiary alicyclic amines) is 1. The van der Waals surface area contributed by atoms with Crippen LogP contribution in [0.3, 0.4) is 0 Å². The van der Waals surface area contributed by atoms with Crippen LogP contribution in [0.4, 0.5) is 5.69 Å². The second kappa shape index (κ2) is 8.62. The summed E-state index contributed by atoms with van der Waals surface area (Å²) in [7, 11) is 1.84. The van der Waals surface area contributed by atoms with Crippen LogP contribution in [-0.2, 0) is 6.54 Å². The molecule has 1 fully saturated rings. The van der Waals surface area contributed by atoms with Gasteiger partial charge >= 0.3 is 0 Å². The molecule has 2 aromatic rings. The average Bonchev–Trinajstić information content (AvgIpc) is 2.68. The molecule has 1 saturated heterocycles. The van der Waals surface area contributed by atoms with E-state index in [1.807, 2.05) is 43.7 Å². The van der Waals surface area contributed by atoms with Gasteiger partial charge in [0, 0.05) is 38.2 Å². The van der Waals surface area contributed by atoms with Crippen LogP contribution in [0.5, 0.6) is 0 Å². The van der Waals surface area contributed by atoms with E-state index in [1.54, 1.807) is 0 Å². The number of carbonyl (C=O) groups excluding carboxylic acids is 1. The van der Waals surface area contributed by atoms with Gasteiger partial charge in [0.25, 0.3) is 5.91 Å². The van der Waals surface area contributed by atoms with Crippen molar-refractivity contribution in [2.45, 2.75) is 19.4 Å². The number of carbonyl (C=O) groups is 1. The number of nitrogens with one attached hydrogen (secondary N) is 2. The van der Waals surface area contributed by atoms with E-state index in [1.165, 1.54) is 5.56 Å². The minimum absolute atomic E-state index is 0.00386. The van der Waals surface area contributed by atoms with Crippen LogP contribution in [0.15, 0.2) is 48.8 Å². The fourth-order valence-electron chi connectivity index (χ4n) is 3.33. The lowest BCUT2D eigenvalue weighted by molar-refractivity contribution is 0.0936. The van der Waals surface area contributed by atoms with Crippen LogP contribution in [0, 0.1) is 5.92 Å². The summed E-state index contributed by atoms with van der Waals surface area (Å²) in [5, 5.41) is 6.17. The van der Waals surface area contributed by atoms with Crippen LogP contribution in [0.25, 0.3) is 0 Å². The van der Waals surface area contributed by atoms with Crippen molar-refractivity contribution in [3.05, 3.63) is 59.9 Å². The molecule has 3 rings (SSSR count). The lowest BCUT2D eigenvalue weighted by Crippen LogP contribution is -2.38. The minimum Gasteiger partial charge on any atom is -0.387 e. The molecule has 0 atom stereocenters. The molecule has 5 nitrogen and oxygen atoms in total. The van der Waals surface area contributed by atoms with Gasteiger partial charge in [0.05, 0.1) is 5.56 Å². The fourth-order valence-corrected chi connectivity index (χ4v) is 3.33. The molecular weight excluding hydrogens is 312 g/mol. The molecule has 25 heavy (non-hydrogen) atoms. The Labute approximate surface area is 149 Å². The van der Waals surface area contributed by atoms with E-state index < -0.39 is 0 Å². The smallest absolute Gasteiger partial charge is 0.253 e. The fraction of sp³-hybridized carbons (Fsp3) is 0.400. The van der Waals surface area contributed by atoms with E-state index in [2.05, 4.69) is 32.7 Å². The van der Waals surface area contributed by atoms with Crippen LogP contribution >= 0.6 is 0 Å². The Kier molecular flexibility index (Phi) is 6.01. The van der Waals surface area contributed by atoms with Crippen molar-refractivity contribution in [2.24, 2.45) is 5.92 Å². The van der Waals surface area contributed by atoms with Gasteiger partial charge in [-0.05, 0) is 61.7 Å². The van der Waals surface area contributed by atoms with Gasteiger partial charge < -0.3 is 10.6 Å². The predicted molar refractivity (Wildman–Crippen MR) is 101 cm³/mol. The Bertz CT molecular complexity index is 681. The highest BCUT2D eigenvalue weighted by Crippen LogP contribution is 2.19. The third kappa shape index (κ3) is 4.79. The van der Waals surface area contributed by atoms with Crippen LogP contribution in [-0.4, -0.2) is 42.5 Å². The Hall–Kier alpha value is -2.40. The molecule has 5 heteroatoms. The number of amides is 1. The average molecular weight is 338 g/mol. The first kappa shape index (κ1) is 17.4. The van der Waals surface area contributed by atoms with E-state index in [0.717, 1.165) is 44.7 Å². The van der Waals surface area contributed by atoms with Crippen molar-refractivity contribution in [2.75, 3.05) is 32.0 Å². The molecule has 2 heterocycles. The summed E-state index contributed by atoms with van der Waals surface area (Å²) in [6, 6.07) is 11.8. The maximum Gasteiger partial charge on any atom is 0.253 e. The van der Waals surface area contributed by atoms with Gasteiger partial charge in [-0.1, -0.05) is 12.1 Å². The van der Waals surface area contributed by atoms with Crippen molar-refractivity contribution in [3.8, 4) is 0 Å². The van der Waals surface area contributed by atoms with Crippen LogP contribution in [0.1, 0.15) is 28.8 Å². The summed E-state index contributed by atoms with van der Waals surface area (Å²) >= 11 is 0. The number of para-hydroxylation sites is 1. The van der Waals surface area contributed by atoms with Gasteiger partial charge in [0.2, 0.25) is 0 Å². The standard InChI is InChI=1S/C20H26N4O/c1-21-19-5-3-2-4-18(19)20(25)23-14-16-8-12-24(13-9-16)15-17-6-10-22-11-7-17/h2-7,10-11,16,21H,8-9,12-15H2,1H3,(H,23,25). The first-order chi connectivity index (χ1) is 12.3. The Morgan fingerprint density at radius 3 is 2.60 bits per heavy atom. The zero-order chi connectivity index (χ0) is 17.5. The quantitative estimate of drug-likeness (QED) is 0.850. The lowest BCUT2D eigenvalue weighted by Gasteiger charge is -2.32. The minimum atomic E-state index is 0.00386. The van der Waals surface area contributed by atoms with Crippen molar-refractivity contribution >= 4 is 11.6 Å². The molecule has 0 saturated carbocycles. The largest absolute Gasteiger partial charge is 0.387 e. The monoisotopic (exact) mass is 338 g/mol. The highest BCUT2D eigenvalue weighted by atomic mass is 16.1.